The molecule has 170 valence electrons. The molecule has 4 rings (SSSR count). The first-order valence-corrected chi connectivity index (χ1v) is 11.2. The molecule has 0 saturated carbocycles. The van der Waals surface area contributed by atoms with Crippen molar-refractivity contribution >= 4 is 11.8 Å². The Morgan fingerprint density at radius 2 is 1.73 bits per heavy atom. The van der Waals surface area contributed by atoms with E-state index in [0.717, 1.165) is 18.5 Å². The second-order valence-corrected chi connectivity index (χ2v) is 8.96. The SMILES string of the molecule is CC(C)(NC(=O)c1ccccc1)C(=O)N1CCC[C@H](c2cccc(-c3ccccc3F)n2)C1. The lowest BCUT2D eigenvalue weighted by molar-refractivity contribution is -0.138. The molecule has 1 saturated heterocycles. The molecule has 5 nitrogen and oxygen atoms in total. The van der Waals surface area contributed by atoms with Crippen molar-refractivity contribution in [2.45, 2.75) is 38.1 Å². The van der Waals surface area contributed by atoms with Crippen molar-refractivity contribution in [3.8, 4) is 11.3 Å². The summed E-state index contributed by atoms with van der Waals surface area (Å²) in [6.45, 7) is 4.61. The number of hydrogen-bond donors (Lipinski definition) is 1. The number of carbonyl (C=O) groups is 2. The lowest BCUT2D eigenvalue weighted by atomic mass is 9.92. The molecule has 6 heteroatoms. The Bertz CT molecular complexity index is 1150. The van der Waals surface area contributed by atoms with Crippen LogP contribution in [-0.2, 0) is 4.79 Å². The molecular formula is C27H28FN3O2. The highest BCUT2D eigenvalue weighted by Crippen LogP contribution is 2.29. The molecule has 1 aliphatic rings. The normalized spacial score (nSPS) is 16.3. The molecule has 2 heterocycles. The van der Waals surface area contributed by atoms with Crippen LogP contribution in [0.25, 0.3) is 11.3 Å². The summed E-state index contributed by atoms with van der Waals surface area (Å²) >= 11 is 0. The van der Waals surface area contributed by atoms with Crippen LogP contribution < -0.4 is 5.32 Å². The highest BCUT2D eigenvalue weighted by atomic mass is 19.1. The van der Waals surface area contributed by atoms with Gasteiger partial charge in [-0.15, -0.1) is 0 Å². The lowest BCUT2D eigenvalue weighted by Gasteiger charge is -2.37. The summed E-state index contributed by atoms with van der Waals surface area (Å²) in [5, 5.41) is 2.87. The van der Waals surface area contributed by atoms with Gasteiger partial charge in [0, 0.05) is 35.8 Å². The highest BCUT2D eigenvalue weighted by molar-refractivity contribution is 5.98. The summed E-state index contributed by atoms with van der Waals surface area (Å²) in [5.41, 5.74) is 1.37. The third-order valence-electron chi connectivity index (χ3n) is 6.04. The number of piperidine rings is 1. The van der Waals surface area contributed by atoms with E-state index in [1.54, 1.807) is 67.3 Å². The Morgan fingerprint density at radius 3 is 2.48 bits per heavy atom. The van der Waals surface area contributed by atoms with Crippen molar-refractivity contribution in [3.63, 3.8) is 0 Å². The van der Waals surface area contributed by atoms with Crippen LogP contribution in [0.15, 0.2) is 72.8 Å². The number of nitrogens with zero attached hydrogens (tertiary/aromatic N) is 2. The third kappa shape index (κ3) is 5.11. The smallest absolute Gasteiger partial charge is 0.252 e. The van der Waals surface area contributed by atoms with Crippen molar-refractivity contribution in [2.24, 2.45) is 0 Å². The van der Waals surface area contributed by atoms with Crippen molar-refractivity contribution in [1.29, 1.82) is 0 Å². The Balaban J connectivity index is 1.48. The van der Waals surface area contributed by atoms with Crippen molar-refractivity contribution in [3.05, 3.63) is 89.9 Å². The number of amides is 2. The van der Waals surface area contributed by atoms with E-state index in [9.17, 15) is 14.0 Å². The molecule has 2 amide bonds. The molecule has 1 N–H and O–H groups in total. The summed E-state index contributed by atoms with van der Waals surface area (Å²) in [5.74, 6) is -0.656. The number of benzene rings is 2. The van der Waals surface area contributed by atoms with Crippen molar-refractivity contribution < 1.29 is 14.0 Å². The number of carbonyl (C=O) groups excluding carboxylic acids is 2. The fourth-order valence-electron chi connectivity index (χ4n) is 4.30. The molecule has 0 aliphatic carbocycles. The number of halogens is 1. The summed E-state index contributed by atoms with van der Waals surface area (Å²) in [4.78, 5) is 32.5. The predicted octanol–water partition coefficient (Wildman–Crippen LogP) is 4.80. The van der Waals surface area contributed by atoms with Crippen LogP contribution in [0, 0.1) is 5.82 Å². The Kier molecular flexibility index (Phi) is 6.54. The van der Waals surface area contributed by atoms with E-state index >= 15 is 0 Å². The van der Waals surface area contributed by atoms with E-state index in [1.807, 2.05) is 18.2 Å². The summed E-state index contributed by atoms with van der Waals surface area (Å²) in [6.07, 6.45) is 1.74. The first-order chi connectivity index (χ1) is 15.8. The van der Waals surface area contributed by atoms with E-state index in [1.165, 1.54) is 6.07 Å². The van der Waals surface area contributed by atoms with Crippen molar-refractivity contribution in [2.75, 3.05) is 13.1 Å². The van der Waals surface area contributed by atoms with Crippen LogP contribution >= 0.6 is 0 Å². The molecule has 0 radical (unpaired) electrons. The average Bonchev–Trinajstić information content (AvgIpc) is 2.84. The Hall–Kier alpha value is -3.54. The van der Waals surface area contributed by atoms with Gasteiger partial charge in [-0.3, -0.25) is 14.6 Å². The first kappa shape index (κ1) is 22.6. The highest BCUT2D eigenvalue weighted by Gasteiger charge is 2.36. The maximum Gasteiger partial charge on any atom is 0.252 e. The molecule has 0 spiro atoms. The number of rotatable bonds is 5. The minimum absolute atomic E-state index is 0.0510. The van der Waals surface area contributed by atoms with E-state index in [2.05, 4.69) is 5.32 Å². The van der Waals surface area contributed by atoms with Gasteiger partial charge in [-0.2, -0.15) is 0 Å². The molecule has 0 bridgehead atoms. The fourth-order valence-corrected chi connectivity index (χ4v) is 4.30. The zero-order valence-corrected chi connectivity index (χ0v) is 18.9. The predicted molar refractivity (Wildman–Crippen MR) is 126 cm³/mol. The molecule has 33 heavy (non-hydrogen) atoms. The molecule has 1 aromatic heterocycles. The van der Waals surface area contributed by atoms with Crippen LogP contribution in [0.2, 0.25) is 0 Å². The number of aromatic nitrogens is 1. The van der Waals surface area contributed by atoms with Crippen LogP contribution in [-0.4, -0.2) is 40.3 Å². The van der Waals surface area contributed by atoms with E-state index < -0.39 is 5.54 Å². The molecule has 2 aromatic carbocycles. The second-order valence-electron chi connectivity index (χ2n) is 8.96. The van der Waals surface area contributed by atoms with Gasteiger partial charge in [-0.05, 0) is 63.1 Å². The minimum atomic E-state index is -1.04. The molecule has 1 aliphatic heterocycles. The maximum absolute atomic E-state index is 14.2. The van der Waals surface area contributed by atoms with Gasteiger partial charge in [0.2, 0.25) is 5.91 Å². The van der Waals surface area contributed by atoms with Gasteiger partial charge >= 0.3 is 0 Å². The number of likely N-dealkylation sites (tertiary alicyclic amines) is 1. The zero-order valence-electron chi connectivity index (χ0n) is 18.9. The minimum Gasteiger partial charge on any atom is -0.340 e. The van der Waals surface area contributed by atoms with Gasteiger partial charge in [0.25, 0.3) is 5.91 Å². The third-order valence-corrected chi connectivity index (χ3v) is 6.04. The fraction of sp³-hybridized carbons (Fsp3) is 0.296. The maximum atomic E-state index is 14.2. The number of hydrogen-bond acceptors (Lipinski definition) is 3. The molecule has 0 unspecified atom stereocenters. The average molecular weight is 446 g/mol. The summed E-state index contributed by atoms with van der Waals surface area (Å²) in [7, 11) is 0. The first-order valence-electron chi connectivity index (χ1n) is 11.2. The van der Waals surface area contributed by atoms with Gasteiger partial charge in [0.1, 0.15) is 11.4 Å². The second kappa shape index (κ2) is 9.53. The lowest BCUT2D eigenvalue weighted by Crippen LogP contribution is -2.57. The Labute approximate surface area is 193 Å². The molecule has 3 aromatic rings. The van der Waals surface area contributed by atoms with Crippen LogP contribution in [0.5, 0.6) is 0 Å². The number of pyridine rings is 1. The summed E-state index contributed by atoms with van der Waals surface area (Å²) < 4.78 is 14.2. The van der Waals surface area contributed by atoms with Gasteiger partial charge in [0.05, 0.1) is 5.69 Å². The van der Waals surface area contributed by atoms with E-state index in [4.69, 9.17) is 4.98 Å². The van der Waals surface area contributed by atoms with Gasteiger partial charge in [0.15, 0.2) is 0 Å². The Morgan fingerprint density at radius 1 is 1.00 bits per heavy atom. The number of nitrogens with one attached hydrogen (secondary N) is 1. The molecular weight excluding hydrogens is 417 g/mol. The summed E-state index contributed by atoms with van der Waals surface area (Å²) in [6, 6.07) is 21.1. The quantitative estimate of drug-likeness (QED) is 0.614. The van der Waals surface area contributed by atoms with Crippen LogP contribution in [0.3, 0.4) is 0 Å². The molecule has 1 atom stereocenters. The standard InChI is InChI=1S/C27H28FN3O2/c1-27(2,30-25(32)19-10-4-3-5-11-19)26(33)31-17-9-12-20(18-31)23-15-8-16-24(29-23)21-13-6-7-14-22(21)28/h3-8,10-11,13-16,20H,9,12,17-18H2,1-2H3,(H,30,32)/t20-/m0/s1. The van der Waals surface area contributed by atoms with E-state index in [0.29, 0.717) is 29.9 Å². The van der Waals surface area contributed by atoms with Gasteiger partial charge in [-0.1, -0.05) is 36.4 Å². The van der Waals surface area contributed by atoms with Crippen molar-refractivity contribution in [1.82, 2.24) is 15.2 Å². The van der Waals surface area contributed by atoms with Crippen LogP contribution in [0.4, 0.5) is 4.39 Å². The van der Waals surface area contributed by atoms with Crippen LogP contribution in [0.1, 0.15) is 48.7 Å². The monoisotopic (exact) mass is 445 g/mol. The largest absolute Gasteiger partial charge is 0.340 e. The molecule has 1 fully saturated rings. The topological polar surface area (TPSA) is 62.3 Å². The zero-order chi connectivity index (χ0) is 23.4. The van der Waals surface area contributed by atoms with Gasteiger partial charge < -0.3 is 10.2 Å². The van der Waals surface area contributed by atoms with Gasteiger partial charge in [-0.25, -0.2) is 4.39 Å². The van der Waals surface area contributed by atoms with E-state index in [-0.39, 0.29) is 23.5 Å².